The molecule has 0 saturated carbocycles. The fraction of sp³-hybridized carbons (Fsp3) is 0.357. The van der Waals surface area contributed by atoms with Gasteiger partial charge in [0.05, 0.1) is 5.69 Å². The Morgan fingerprint density at radius 3 is 2.95 bits per heavy atom. The molecule has 0 unspecified atom stereocenters. The third kappa shape index (κ3) is 3.31. The van der Waals surface area contributed by atoms with Gasteiger partial charge < -0.3 is 5.32 Å². The summed E-state index contributed by atoms with van der Waals surface area (Å²) in [5.74, 6) is 0.842. The molecule has 0 amide bonds. The lowest BCUT2D eigenvalue weighted by molar-refractivity contribution is 0.823. The van der Waals surface area contributed by atoms with Crippen LogP contribution in [0.25, 0.3) is 5.69 Å². The van der Waals surface area contributed by atoms with Crippen LogP contribution >= 0.6 is 27.5 Å². The largest absolute Gasteiger partial charge is 0.355 e. The van der Waals surface area contributed by atoms with Gasteiger partial charge in [-0.05, 0) is 47.0 Å². The number of anilines is 1. The normalized spacial score (nSPS) is 10.7. The summed E-state index contributed by atoms with van der Waals surface area (Å²) < 4.78 is 3.01. The van der Waals surface area contributed by atoms with Crippen molar-refractivity contribution in [2.24, 2.45) is 0 Å². The first-order valence-corrected chi connectivity index (χ1v) is 7.53. The minimum Gasteiger partial charge on any atom is -0.355 e. The monoisotopic (exact) mass is 341 g/mol. The van der Waals surface area contributed by atoms with Gasteiger partial charge >= 0.3 is 0 Å². The van der Waals surface area contributed by atoms with Gasteiger partial charge in [-0.1, -0.05) is 24.9 Å². The number of unbranched alkanes of at least 4 members (excludes halogenated alkanes) is 1. The molecule has 0 aliphatic heterocycles. The van der Waals surface area contributed by atoms with E-state index in [1.165, 1.54) is 0 Å². The van der Waals surface area contributed by atoms with Crippen molar-refractivity contribution in [3.05, 3.63) is 39.6 Å². The first-order chi connectivity index (χ1) is 9.13. The number of hydrogen-bond donors (Lipinski definition) is 1. The van der Waals surface area contributed by atoms with Crippen molar-refractivity contribution in [2.45, 2.75) is 26.7 Å². The van der Waals surface area contributed by atoms with Crippen LogP contribution in [0, 0.1) is 6.92 Å². The van der Waals surface area contributed by atoms with Gasteiger partial charge in [-0.25, -0.2) is 4.98 Å². The number of nitrogens with one attached hydrogen (secondary N) is 1. The molecular weight excluding hydrogens is 326 g/mol. The number of nitrogens with zero attached hydrogens (tertiary/aromatic N) is 2. The molecule has 1 heterocycles. The molecule has 0 bridgehead atoms. The molecule has 19 heavy (non-hydrogen) atoms. The highest BCUT2D eigenvalue weighted by atomic mass is 79.9. The molecule has 0 spiro atoms. The zero-order chi connectivity index (χ0) is 13.8. The SMILES string of the molecule is CCCCNc1nccn1-c1cc(Cl)c(C)cc1Br. The summed E-state index contributed by atoms with van der Waals surface area (Å²) in [5, 5.41) is 4.10. The van der Waals surface area contributed by atoms with Crippen LogP contribution in [0.2, 0.25) is 5.02 Å². The zero-order valence-corrected chi connectivity index (χ0v) is 13.4. The van der Waals surface area contributed by atoms with E-state index in [9.17, 15) is 0 Å². The summed E-state index contributed by atoms with van der Waals surface area (Å²) in [7, 11) is 0. The summed E-state index contributed by atoms with van der Waals surface area (Å²) in [6.07, 6.45) is 6.00. The van der Waals surface area contributed by atoms with Gasteiger partial charge in [0.2, 0.25) is 5.95 Å². The molecule has 2 aromatic rings. The third-order valence-electron chi connectivity index (χ3n) is 2.94. The molecule has 3 nitrogen and oxygen atoms in total. The molecule has 0 saturated heterocycles. The van der Waals surface area contributed by atoms with E-state index in [2.05, 4.69) is 33.2 Å². The molecule has 0 fully saturated rings. The van der Waals surface area contributed by atoms with Crippen molar-refractivity contribution in [2.75, 3.05) is 11.9 Å². The van der Waals surface area contributed by atoms with Gasteiger partial charge in [0.15, 0.2) is 0 Å². The standard InChI is InChI=1S/C14H17BrClN3/c1-3-4-5-17-14-18-6-7-19(14)13-9-12(16)10(2)8-11(13)15/h6-9H,3-5H2,1-2H3,(H,17,18). The van der Waals surface area contributed by atoms with Gasteiger partial charge in [-0.15, -0.1) is 0 Å². The quantitative estimate of drug-likeness (QED) is 0.790. The van der Waals surface area contributed by atoms with Crippen LogP contribution in [0.3, 0.4) is 0 Å². The second-order valence-electron chi connectivity index (χ2n) is 4.45. The van der Waals surface area contributed by atoms with Gasteiger partial charge in [-0.3, -0.25) is 4.57 Å². The van der Waals surface area contributed by atoms with Crippen LogP contribution in [0.5, 0.6) is 0 Å². The van der Waals surface area contributed by atoms with E-state index < -0.39 is 0 Å². The first-order valence-electron chi connectivity index (χ1n) is 6.36. The number of aryl methyl sites for hydroxylation is 1. The van der Waals surface area contributed by atoms with Crippen molar-refractivity contribution in [3.63, 3.8) is 0 Å². The first kappa shape index (κ1) is 14.4. The molecule has 0 aliphatic rings. The highest BCUT2D eigenvalue weighted by Crippen LogP contribution is 2.29. The van der Waals surface area contributed by atoms with E-state index in [0.29, 0.717) is 0 Å². The average molecular weight is 343 g/mol. The van der Waals surface area contributed by atoms with E-state index in [0.717, 1.165) is 46.1 Å². The highest BCUT2D eigenvalue weighted by molar-refractivity contribution is 9.10. The maximum Gasteiger partial charge on any atom is 0.207 e. The summed E-state index contributed by atoms with van der Waals surface area (Å²) in [4.78, 5) is 4.35. The van der Waals surface area contributed by atoms with Crippen molar-refractivity contribution in [1.29, 1.82) is 0 Å². The van der Waals surface area contributed by atoms with Gasteiger partial charge in [-0.2, -0.15) is 0 Å². The predicted octanol–water partition coefficient (Wildman–Crippen LogP) is 4.81. The molecular formula is C14H17BrClN3. The van der Waals surface area contributed by atoms with Crippen LogP contribution in [-0.2, 0) is 0 Å². The lowest BCUT2D eigenvalue weighted by Gasteiger charge is -2.12. The Bertz CT molecular complexity index is 566. The van der Waals surface area contributed by atoms with Crippen molar-refractivity contribution >= 4 is 33.5 Å². The predicted molar refractivity (Wildman–Crippen MR) is 84.4 cm³/mol. The lowest BCUT2D eigenvalue weighted by Crippen LogP contribution is -2.07. The van der Waals surface area contributed by atoms with Crippen molar-refractivity contribution in [3.8, 4) is 5.69 Å². The number of aromatic nitrogens is 2. The smallest absolute Gasteiger partial charge is 0.207 e. The van der Waals surface area contributed by atoms with E-state index in [1.54, 1.807) is 6.20 Å². The molecule has 5 heteroatoms. The van der Waals surface area contributed by atoms with Crippen LogP contribution in [-0.4, -0.2) is 16.1 Å². The molecule has 2 rings (SSSR count). The van der Waals surface area contributed by atoms with Crippen LogP contribution in [0.1, 0.15) is 25.3 Å². The third-order valence-corrected chi connectivity index (χ3v) is 3.98. The molecule has 0 atom stereocenters. The molecule has 1 aromatic heterocycles. The molecule has 1 N–H and O–H groups in total. The van der Waals surface area contributed by atoms with E-state index in [4.69, 9.17) is 11.6 Å². The zero-order valence-electron chi connectivity index (χ0n) is 11.1. The van der Waals surface area contributed by atoms with Crippen LogP contribution < -0.4 is 5.32 Å². The second-order valence-corrected chi connectivity index (χ2v) is 5.72. The Balaban J connectivity index is 2.32. The average Bonchev–Trinajstić information content (AvgIpc) is 2.82. The summed E-state index contributed by atoms with van der Waals surface area (Å²) >= 11 is 9.79. The second kappa shape index (κ2) is 6.44. The molecule has 1 aromatic carbocycles. The maximum atomic E-state index is 6.21. The molecule has 0 aliphatic carbocycles. The van der Waals surface area contributed by atoms with Gasteiger partial charge in [0, 0.05) is 28.4 Å². The highest BCUT2D eigenvalue weighted by Gasteiger charge is 2.10. The maximum absolute atomic E-state index is 6.21. The Morgan fingerprint density at radius 2 is 2.21 bits per heavy atom. The van der Waals surface area contributed by atoms with Crippen molar-refractivity contribution < 1.29 is 0 Å². The summed E-state index contributed by atoms with van der Waals surface area (Å²) in [6.45, 7) is 5.08. The van der Waals surface area contributed by atoms with Gasteiger partial charge in [0.1, 0.15) is 0 Å². The van der Waals surface area contributed by atoms with Crippen LogP contribution in [0.4, 0.5) is 5.95 Å². The Hall–Kier alpha value is -1.000. The number of halogens is 2. The Morgan fingerprint density at radius 1 is 1.42 bits per heavy atom. The summed E-state index contributed by atoms with van der Waals surface area (Å²) in [5.41, 5.74) is 2.05. The summed E-state index contributed by atoms with van der Waals surface area (Å²) in [6, 6.07) is 3.97. The topological polar surface area (TPSA) is 29.9 Å². The number of hydrogen-bond acceptors (Lipinski definition) is 2. The van der Waals surface area contributed by atoms with Gasteiger partial charge in [0.25, 0.3) is 0 Å². The van der Waals surface area contributed by atoms with Crippen molar-refractivity contribution in [1.82, 2.24) is 9.55 Å². The number of rotatable bonds is 5. The number of benzene rings is 1. The fourth-order valence-corrected chi connectivity index (χ4v) is 2.63. The van der Waals surface area contributed by atoms with Crippen LogP contribution in [0.15, 0.2) is 29.0 Å². The molecule has 102 valence electrons. The fourth-order valence-electron chi connectivity index (χ4n) is 1.83. The van der Waals surface area contributed by atoms with E-state index >= 15 is 0 Å². The Kier molecular flexibility index (Phi) is 4.88. The minimum absolute atomic E-state index is 0.756. The number of imidazole rings is 1. The van der Waals surface area contributed by atoms with E-state index in [1.807, 2.05) is 29.8 Å². The van der Waals surface area contributed by atoms with E-state index in [-0.39, 0.29) is 0 Å². The molecule has 0 radical (unpaired) electrons. The Labute approximate surface area is 127 Å². The minimum atomic E-state index is 0.756. The lowest BCUT2D eigenvalue weighted by atomic mass is 10.2.